The summed E-state index contributed by atoms with van der Waals surface area (Å²) in [6.45, 7) is 0. The summed E-state index contributed by atoms with van der Waals surface area (Å²) in [6.07, 6.45) is 0. The Labute approximate surface area is 132 Å². The fourth-order valence-electron chi connectivity index (χ4n) is 1.87. The molecule has 2 heterocycles. The minimum Gasteiger partial charge on any atom is -0.369 e. The number of carbonyl (C=O) groups is 1. The number of fused-ring (bicyclic) bond motifs is 1. The Balaban J connectivity index is 1.67. The van der Waals surface area contributed by atoms with Gasteiger partial charge >= 0.3 is 0 Å². The molecule has 0 aliphatic rings. The van der Waals surface area contributed by atoms with Crippen molar-refractivity contribution in [3.05, 3.63) is 40.4 Å². The largest absolute Gasteiger partial charge is 0.369 e. The van der Waals surface area contributed by atoms with Crippen molar-refractivity contribution in [2.24, 2.45) is 0 Å². The van der Waals surface area contributed by atoms with Crippen molar-refractivity contribution in [3.8, 4) is 0 Å². The third-order valence-corrected chi connectivity index (χ3v) is 3.68. The zero-order valence-corrected chi connectivity index (χ0v) is 12.4. The normalized spacial score (nSPS) is 10.8. The van der Waals surface area contributed by atoms with Crippen LogP contribution in [0.25, 0.3) is 11.2 Å². The number of thioether (sulfide) groups is 1. The van der Waals surface area contributed by atoms with Crippen LogP contribution in [0.1, 0.15) is 0 Å². The molecule has 1 amide bonds. The van der Waals surface area contributed by atoms with E-state index in [0.717, 1.165) is 11.8 Å². The van der Waals surface area contributed by atoms with E-state index in [1.165, 1.54) is 18.2 Å². The summed E-state index contributed by atoms with van der Waals surface area (Å²) in [6, 6.07) is 5.59. The third kappa shape index (κ3) is 3.48. The minimum absolute atomic E-state index is 0.0315. The molecule has 0 radical (unpaired) electrons. The van der Waals surface area contributed by atoms with Gasteiger partial charge in [-0.15, -0.1) is 0 Å². The highest BCUT2D eigenvalue weighted by Gasteiger charge is 2.11. The van der Waals surface area contributed by atoms with Gasteiger partial charge in [-0.2, -0.15) is 4.98 Å². The predicted octanol–water partition coefficient (Wildman–Crippen LogP) is 1.10. The van der Waals surface area contributed by atoms with Crippen LogP contribution in [-0.2, 0) is 4.79 Å². The number of nitrogen functional groups attached to an aromatic ring is 1. The van der Waals surface area contributed by atoms with Gasteiger partial charge in [0.05, 0.1) is 5.75 Å². The third-order valence-electron chi connectivity index (χ3n) is 2.81. The maximum atomic E-state index is 13.0. The summed E-state index contributed by atoms with van der Waals surface area (Å²) in [5, 5.41) is 2.92. The number of halogens is 1. The number of hydrogen-bond donors (Lipinski definition) is 4. The topological polar surface area (TPSA) is 130 Å². The molecule has 10 heteroatoms. The number of rotatable bonds is 4. The maximum absolute atomic E-state index is 13.0. The van der Waals surface area contributed by atoms with Crippen LogP contribution < -0.4 is 16.6 Å². The maximum Gasteiger partial charge on any atom is 0.278 e. The number of amides is 1. The number of H-pyrrole nitrogens is 2. The number of imidazole rings is 1. The summed E-state index contributed by atoms with van der Waals surface area (Å²) in [5.74, 6) is -0.767. The van der Waals surface area contributed by atoms with Gasteiger partial charge in [0, 0.05) is 5.69 Å². The molecule has 0 bridgehead atoms. The Morgan fingerprint density at radius 3 is 2.96 bits per heavy atom. The molecule has 0 atom stereocenters. The van der Waals surface area contributed by atoms with Crippen LogP contribution in [0.15, 0.2) is 34.2 Å². The van der Waals surface area contributed by atoms with E-state index in [2.05, 4.69) is 25.3 Å². The number of hydrogen-bond acceptors (Lipinski definition) is 6. The van der Waals surface area contributed by atoms with Gasteiger partial charge in [0.25, 0.3) is 5.56 Å². The molecular formula is C13H11FN6O2S. The molecule has 0 saturated carbocycles. The van der Waals surface area contributed by atoms with Crippen LogP contribution in [-0.4, -0.2) is 31.6 Å². The summed E-state index contributed by atoms with van der Waals surface area (Å²) < 4.78 is 13.0. The summed E-state index contributed by atoms with van der Waals surface area (Å²) in [4.78, 5) is 36.6. The number of benzene rings is 1. The quantitative estimate of drug-likeness (QED) is 0.529. The molecule has 3 aromatic rings. The number of aromatic amines is 2. The van der Waals surface area contributed by atoms with Gasteiger partial charge in [-0.25, -0.2) is 9.37 Å². The van der Waals surface area contributed by atoms with Crippen LogP contribution in [0.2, 0.25) is 0 Å². The Morgan fingerprint density at radius 1 is 1.35 bits per heavy atom. The van der Waals surface area contributed by atoms with Crippen molar-refractivity contribution < 1.29 is 9.18 Å². The first-order chi connectivity index (χ1) is 11.0. The average molecular weight is 334 g/mol. The van der Waals surface area contributed by atoms with Gasteiger partial charge in [0.15, 0.2) is 16.3 Å². The zero-order valence-electron chi connectivity index (χ0n) is 11.6. The van der Waals surface area contributed by atoms with Crippen LogP contribution in [0.3, 0.4) is 0 Å². The molecular weight excluding hydrogens is 323 g/mol. The first-order valence-electron chi connectivity index (χ1n) is 6.45. The van der Waals surface area contributed by atoms with Crippen molar-refractivity contribution >= 4 is 40.5 Å². The number of aromatic nitrogens is 4. The highest BCUT2D eigenvalue weighted by Crippen LogP contribution is 2.17. The standard InChI is InChI=1S/C13H11FN6O2S/c14-6-2-1-3-7(4-6)16-8(21)5-23-13-17-9-10(19-13)18-12(15)20-11(9)22/h1-4H,5H2,(H,16,21)(H4,15,17,18,19,20,22). The van der Waals surface area contributed by atoms with Crippen molar-refractivity contribution in [2.45, 2.75) is 5.16 Å². The second-order valence-electron chi connectivity index (χ2n) is 4.54. The van der Waals surface area contributed by atoms with Crippen LogP contribution in [0, 0.1) is 5.82 Å². The number of nitrogens with one attached hydrogen (secondary N) is 3. The van der Waals surface area contributed by atoms with E-state index in [9.17, 15) is 14.0 Å². The fourth-order valence-corrected chi connectivity index (χ4v) is 2.53. The molecule has 23 heavy (non-hydrogen) atoms. The van der Waals surface area contributed by atoms with E-state index in [-0.39, 0.29) is 28.8 Å². The van der Waals surface area contributed by atoms with Crippen LogP contribution >= 0.6 is 11.8 Å². The van der Waals surface area contributed by atoms with E-state index in [1.807, 2.05) is 0 Å². The Morgan fingerprint density at radius 2 is 2.17 bits per heavy atom. The van der Waals surface area contributed by atoms with Crippen LogP contribution in [0.5, 0.6) is 0 Å². The Bertz CT molecular complexity index is 938. The van der Waals surface area contributed by atoms with E-state index < -0.39 is 11.4 Å². The van der Waals surface area contributed by atoms with Gasteiger partial charge in [0.2, 0.25) is 11.9 Å². The number of carbonyl (C=O) groups excluding carboxylic acids is 1. The van der Waals surface area contributed by atoms with Gasteiger partial charge in [-0.05, 0) is 18.2 Å². The Kier molecular flexibility index (Phi) is 3.98. The smallest absolute Gasteiger partial charge is 0.278 e. The molecule has 0 aliphatic heterocycles. The van der Waals surface area contributed by atoms with E-state index in [0.29, 0.717) is 10.8 Å². The van der Waals surface area contributed by atoms with Crippen molar-refractivity contribution in [3.63, 3.8) is 0 Å². The number of anilines is 2. The first kappa shape index (κ1) is 15.0. The van der Waals surface area contributed by atoms with Gasteiger partial charge in [-0.3, -0.25) is 14.6 Å². The SMILES string of the molecule is Nc1nc2nc(SCC(=O)Nc3cccc(F)c3)[nH]c2c(=O)[nH]1. The molecule has 3 rings (SSSR count). The predicted molar refractivity (Wildman–Crippen MR) is 84.7 cm³/mol. The molecule has 2 aromatic heterocycles. The molecule has 0 aliphatic carbocycles. The molecule has 0 saturated heterocycles. The monoisotopic (exact) mass is 334 g/mol. The summed E-state index contributed by atoms with van der Waals surface area (Å²) in [7, 11) is 0. The van der Waals surface area contributed by atoms with E-state index in [1.54, 1.807) is 6.07 Å². The molecule has 0 fully saturated rings. The van der Waals surface area contributed by atoms with Gasteiger partial charge in [-0.1, -0.05) is 17.8 Å². The number of nitrogens with zero attached hydrogens (tertiary/aromatic N) is 2. The van der Waals surface area contributed by atoms with E-state index in [4.69, 9.17) is 5.73 Å². The van der Waals surface area contributed by atoms with Gasteiger partial charge < -0.3 is 16.0 Å². The zero-order chi connectivity index (χ0) is 16.4. The summed E-state index contributed by atoms with van der Waals surface area (Å²) >= 11 is 1.09. The molecule has 8 nitrogen and oxygen atoms in total. The second kappa shape index (κ2) is 6.08. The first-order valence-corrected chi connectivity index (χ1v) is 7.43. The van der Waals surface area contributed by atoms with Gasteiger partial charge in [0.1, 0.15) is 5.82 Å². The number of nitrogens with two attached hydrogens (primary N) is 1. The fraction of sp³-hybridized carbons (Fsp3) is 0.0769. The van der Waals surface area contributed by atoms with Crippen LogP contribution in [0.4, 0.5) is 16.0 Å². The lowest BCUT2D eigenvalue weighted by Crippen LogP contribution is -2.14. The molecule has 5 N–H and O–H groups in total. The highest BCUT2D eigenvalue weighted by atomic mass is 32.2. The molecule has 0 unspecified atom stereocenters. The Hall–Kier alpha value is -2.88. The molecule has 118 valence electrons. The molecule has 1 aromatic carbocycles. The van der Waals surface area contributed by atoms with Crippen molar-refractivity contribution in [1.29, 1.82) is 0 Å². The lowest BCUT2D eigenvalue weighted by molar-refractivity contribution is -0.113. The van der Waals surface area contributed by atoms with Crippen molar-refractivity contribution in [2.75, 3.05) is 16.8 Å². The average Bonchev–Trinajstić information content (AvgIpc) is 2.88. The second-order valence-corrected chi connectivity index (χ2v) is 5.50. The lowest BCUT2D eigenvalue weighted by Gasteiger charge is -2.03. The summed E-state index contributed by atoms with van der Waals surface area (Å²) in [5.41, 5.74) is 5.73. The highest BCUT2D eigenvalue weighted by molar-refractivity contribution is 7.99. The minimum atomic E-state index is -0.435. The lowest BCUT2D eigenvalue weighted by atomic mass is 10.3. The van der Waals surface area contributed by atoms with Crippen molar-refractivity contribution in [1.82, 2.24) is 19.9 Å². The molecule has 0 spiro atoms. The van der Waals surface area contributed by atoms with E-state index >= 15 is 0 Å².